The molecule has 0 spiro atoms. The fourth-order valence-corrected chi connectivity index (χ4v) is 4.04. The summed E-state index contributed by atoms with van der Waals surface area (Å²) in [7, 11) is 0. The Kier molecular flexibility index (Phi) is 4.24. The lowest BCUT2D eigenvalue weighted by Gasteiger charge is -2.29. The molecule has 1 fully saturated rings. The van der Waals surface area contributed by atoms with Crippen molar-refractivity contribution in [3.8, 4) is 0 Å². The summed E-state index contributed by atoms with van der Waals surface area (Å²) in [6, 6.07) is 8.37. The van der Waals surface area contributed by atoms with E-state index >= 15 is 0 Å². The second-order valence-electron chi connectivity index (χ2n) is 7.19. The number of hydrogen-bond acceptors (Lipinski definition) is 8. The molecular formula is C19H21N5O4. The highest BCUT2D eigenvalue weighted by molar-refractivity contribution is 5.83. The van der Waals surface area contributed by atoms with E-state index in [0.717, 1.165) is 25.3 Å². The van der Waals surface area contributed by atoms with Crippen molar-refractivity contribution in [2.75, 3.05) is 18.1 Å². The number of rotatable bonds is 3. The molecule has 0 amide bonds. The predicted octanol–water partition coefficient (Wildman–Crippen LogP) is 0.000500. The smallest absolute Gasteiger partial charge is 0.167 e. The first-order valence-electron chi connectivity index (χ1n) is 9.29. The zero-order valence-electron chi connectivity index (χ0n) is 15.1. The first kappa shape index (κ1) is 17.5. The van der Waals surface area contributed by atoms with Crippen LogP contribution >= 0.6 is 0 Å². The van der Waals surface area contributed by atoms with Crippen LogP contribution in [0.4, 0.5) is 5.82 Å². The molecule has 1 saturated heterocycles. The van der Waals surface area contributed by atoms with Crippen molar-refractivity contribution < 1.29 is 20.1 Å². The second-order valence-corrected chi connectivity index (χ2v) is 7.19. The number of aliphatic hydroxyl groups is 3. The molecule has 2 aliphatic heterocycles. The van der Waals surface area contributed by atoms with Gasteiger partial charge in [0.1, 0.15) is 24.6 Å². The lowest BCUT2D eigenvalue weighted by atomic mass is 10.00. The van der Waals surface area contributed by atoms with E-state index in [4.69, 9.17) is 4.74 Å². The molecule has 5 rings (SSSR count). The number of aromatic nitrogens is 4. The third kappa shape index (κ3) is 2.67. The van der Waals surface area contributed by atoms with Gasteiger partial charge in [0.05, 0.1) is 12.9 Å². The van der Waals surface area contributed by atoms with E-state index in [1.54, 1.807) is 4.57 Å². The Labute approximate surface area is 160 Å². The van der Waals surface area contributed by atoms with Crippen LogP contribution < -0.4 is 4.90 Å². The molecule has 0 radical (unpaired) electrons. The van der Waals surface area contributed by atoms with E-state index < -0.39 is 24.5 Å². The molecule has 4 heterocycles. The van der Waals surface area contributed by atoms with Crippen molar-refractivity contribution in [2.45, 2.75) is 37.5 Å². The molecule has 28 heavy (non-hydrogen) atoms. The quantitative estimate of drug-likeness (QED) is 0.579. The van der Waals surface area contributed by atoms with Crippen molar-refractivity contribution in [3.63, 3.8) is 0 Å². The van der Waals surface area contributed by atoms with Gasteiger partial charge in [0.2, 0.25) is 0 Å². The number of ether oxygens (including phenoxy) is 1. The maximum atomic E-state index is 10.3. The standard InChI is InChI=1S/C19H21N5O4/c25-8-13-15(26)16(27)19(28-13)24-10-22-14-17(20-9-21-18(14)24)23-6-5-11-3-1-2-4-12(11)7-23/h1-4,9-10,13,15-16,19,25-27H,5-8H2. The third-order valence-electron chi connectivity index (χ3n) is 5.56. The Bertz CT molecular complexity index is 1010. The third-order valence-corrected chi connectivity index (χ3v) is 5.56. The van der Waals surface area contributed by atoms with Gasteiger partial charge in [0.15, 0.2) is 23.2 Å². The van der Waals surface area contributed by atoms with Crippen molar-refractivity contribution in [2.24, 2.45) is 0 Å². The molecule has 2 aromatic heterocycles. The molecule has 4 unspecified atom stereocenters. The zero-order chi connectivity index (χ0) is 19.3. The van der Waals surface area contributed by atoms with Gasteiger partial charge in [-0.1, -0.05) is 24.3 Å². The SMILES string of the molecule is OCC1OC(n2cnc3c(N4CCc5ccccc5C4)ncnc32)C(O)C1O. The summed E-state index contributed by atoms with van der Waals surface area (Å²) in [6.07, 6.45) is -0.155. The first-order valence-corrected chi connectivity index (χ1v) is 9.29. The van der Waals surface area contributed by atoms with Crippen LogP contribution in [0.25, 0.3) is 11.2 Å². The highest BCUT2D eigenvalue weighted by atomic mass is 16.6. The highest BCUT2D eigenvalue weighted by Crippen LogP contribution is 2.33. The molecule has 0 bridgehead atoms. The molecule has 4 atom stereocenters. The summed E-state index contributed by atoms with van der Waals surface area (Å²) in [6.45, 7) is 1.18. The molecule has 146 valence electrons. The van der Waals surface area contributed by atoms with E-state index in [-0.39, 0.29) is 6.61 Å². The lowest BCUT2D eigenvalue weighted by molar-refractivity contribution is -0.0511. The monoisotopic (exact) mass is 383 g/mol. The molecular weight excluding hydrogens is 362 g/mol. The molecule has 0 saturated carbocycles. The van der Waals surface area contributed by atoms with Gasteiger partial charge in [-0.15, -0.1) is 0 Å². The highest BCUT2D eigenvalue weighted by Gasteiger charge is 2.44. The summed E-state index contributed by atoms with van der Waals surface area (Å²) in [5.41, 5.74) is 3.74. The Morgan fingerprint density at radius 3 is 2.68 bits per heavy atom. The van der Waals surface area contributed by atoms with Gasteiger partial charge >= 0.3 is 0 Å². The van der Waals surface area contributed by atoms with E-state index in [9.17, 15) is 15.3 Å². The minimum Gasteiger partial charge on any atom is -0.394 e. The summed E-state index contributed by atoms with van der Waals surface area (Å²) in [4.78, 5) is 15.4. The Morgan fingerprint density at radius 1 is 1.07 bits per heavy atom. The van der Waals surface area contributed by atoms with Crippen molar-refractivity contribution in [3.05, 3.63) is 48.0 Å². The van der Waals surface area contributed by atoms with E-state index in [0.29, 0.717) is 11.2 Å². The van der Waals surface area contributed by atoms with Crippen molar-refractivity contribution in [1.82, 2.24) is 19.5 Å². The minimum atomic E-state index is -1.19. The van der Waals surface area contributed by atoms with E-state index in [1.165, 1.54) is 23.8 Å². The van der Waals surface area contributed by atoms with Gasteiger partial charge in [-0.25, -0.2) is 15.0 Å². The van der Waals surface area contributed by atoms with Crippen LogP contribution in [0, 0.1) is 0 Å². The molecule has 3 aromatic rings. The molecule has 9 heteroatoms. The van der Waals surface area contributed by atoms with Crippen LogP contribution in [-0.4, -0.2) is 66.3 Å². The molecule has 2 aliphatic rings. The summed E-state index contributed by atoms with van der Waals surface area (Å²) in [5.74, 6) is 0.727. The topological polar surface area (TPSA) is 117 Å². The largest absolute Gasteiger partial charge is 0.394 e. The van der Waals surface area contributed by atoms with Gasteiger partial charge < -0.3 is 25.0 Å². The van der Waals surface area contributed by atoms with Gasteiger partial charge in [-0.05, 0) is 17.5 Å². The normalized spacial score (nSPS) is 27.3. The number of aliphatic hydroxyl groups excluding tert-OH is 3. The summed E-state index contributed by atoms with van der Waals surface area (Å²) < 4.78 is 7.20. The number of fused-ring (bicyclic) bond motifs is 2. The summed E-state index contributed by atoms with van der Waals surface area (Å²) >= 11 is 0. The zero-order valence-corrected chi connectivity index (χ0v) is 15.1. The van der Waals surface area contributed by atoms with E-state index in [2.05, 4.69) is 38.1 Å². The average molecular weight is 383 g/mol. The average Bonchev–Trinajstić information content (AvgIpc) is 3.28. The van der Waals surface area contributed by atoms with Gasteiger partial charge in [-0.3, -0.25) is 4.57 Å². The van der Waals surface area contributed by atoms with Crippen LogP contribution in [0.2, 0.25) is 0 Å². The molecule has 0 aliphatic carbocycles. The van der Waals surface area contributed by atoms with Crippen LogP contribution in [0.15, 0.2) is 36.9 Å². The Balaban J connectivity index is 1.50. The molecule has 3 N–H and O–H groups in total. The van der Waals surface area contributed by atoms with Crippen LogP contribution in [-0.2, 0) is 17.7 Å². The maximum absolute atomic E-state index is 10.3. The minimum absolute atomic E-state index is 0.380. The fourth-order valence-electron chi connectivity index (χ4n) is 4.04. The van der Waals surface area contributed by atoms with Gasteiger partial charge in [-0.2, -0.15) is 0 Å². The number of hydrogen-bond donors (Lipinski definition) is 3. The number of anilines is 1. The predicted molar refractivity (Wildman–Crippen MR) is 99.5 cm³/mol. The van der Waals surface area contributed by atoms with Crippen LogP contribution in [0.3, 0.4) is 0 Å². The maximum Gasteiger partial charge on any atom is 0.167 e. The summed E-state index contributed by atoms with van der Waals surface area (Å²) in [5, 5.41) is 29.7. The van der Waals surface area contributed by atoms with Gasteiger partial charge in [0.25, 0.3) is 0 Å². The molecule has 9 nitrogen and oxygen atoms in total. The lowest BCUT2D eigenvalue weighted by Crippen LogP contribution is -2.33. The van der Waals surface area contributed by atoms with Crippen molar-refractivity contribution in [1.29, 1.82) is 0 Å². The number of imidazole rings is 1. The fraction of sp³-hybridized carbons (Fsp3) is 0.421. The number of nitrogens with zero attached hydrogens (tertiary/aromatic N) is 5. The van der Waals surface area contributed by atoms with Crippen LogP contribution in [0.1, 0.15) is 17.4 Å². The number of benzene rings is 1. The Hall–Kier alpha value is -2.59. The van der Waals surface area contributed by atoms with Crippen molar-refractivity contribution >= 4 is 17.0 Å². The van der Waals surface area contributed by atoms with Gasteiger partial charge in [0, 0.05) is 13.1 Å². The van der Waals surface area contributed by atoms with Crippen LogP contribution in [0.5, 0.6) is 0 Å². The first-order chi connectivity index (χ1) is 13.7. The second kappa shape index (κ2) is 6.78. The Morgan fingerprint density at radius 2 is 1.89 bits per heavy atom. The molecule has 1 aromatic carbocycles. The van der Waals surface area contributed by atoms with E-state index in [1.807, 2.05) is 6.07 Å².